The van der Waals surface area contributed by atoms with Crippen LogP contribution in [0.25, 0.3) is 11.1 Å². The normalized spacial score (nSPS) is 12.0. The maximum absolute atomic E-state index is 12.7. The summed E-state index contributed by atoms with van der Waals surface area (Å²) in [5.74, 6) is 2.48. The Balaban J connectivity index is 1.28. The molecule has 0 atom stereocenters. The van der Waals surface area contributed by atoms with Crippen molar-refractivity contribution >= 4 is 17.5 Å². The van der Waals surface area contributed by atoms with Crippen LogP contribution in [0.1, 0.15) is 21.5 Å². The molecule has 0 bridgehead atoms. The summed E-state index contributed by atoms with van der Waals surface area (Å²) in [4.78, 5) is 21.5. The predicted octanol–water partition coefficient (Wildman–Crippen LogP) is 3.67. The Kier molecular flexibility index (Phi) is 5.59. The second-order valence-electron chi connectivity index (χ2n) is 7.50. The van der Waals surface area contributed by atoms with Gasteiger partial charge in [-0.25, -0.2) is 9.97 Å². The van der Waals surface area contributed by atoms with Gasteiger partial charge in [-0.1, -0.05) is 12.1 Å². The molecule has 0 unspecified atom stereocenters. The number of benzene rings is 1. The second-order valence-corrected chi connectivity index (χ2v) is 7.50. The number of H-pyrrole nitrogens is 1. The molecule has 0 aliphatic carbocycles. The Morgan fingerprint density at radius 3 is 2.91 bits per heavy atom. The van der Waals surface area contributed by atoms with Gasteiger partial charge >= 0.3 is 0 Å². The van der Waals surface area contributed by atoms with Crippen LogP contribution in [0, 0.1) is 0 Å². The van der Waals surface area contributed by atoms with Crippen molar-refractivity contribution in [2.24, 2.45) is 0 Å². The van der Waals surface area contributed by atoms with E-state index in [0.29, 0.717) is 30.3 Å². The summed E-state index contributed by atoms with van der Waals surface area (Å²) in [7, 11) is 1.57. The van der Waals surface area contributed by atoms with Crippen LogP contribution in [0.4, 0.5) is 11.6 Å². The number of aromatic amines is 1. The third kappa shape index (κ3) is 4.33. The maximum atomic E-state index is 12.7. The lowest BCUT2D eigenvalue weighted by molar-refractivity contribution is 0.102. The lowest BCUT2D eigenvalue weighted by Crippen LogP contribution is -2.13. The Morgan fingerprint density at radius 2 is 2.12 bits per heavy atom. The number of carbonyl (C=O) groups excluding carboxylic acids is 1. The van der Waals surface area contributed by atoms with Crippen LogP contribution >= 0.6 is 0 Å². The van der Waals surface area contributed by atoms with Crippen LogP contribution in [0.5, 0.6) is 11.5 Å². The number of nitrogens with one attached hydrogen (secondary N) is 3. The molecular formula is C24H22N6O3. The van der Waals surface area contributed by atoms with E-state index in [1.807, 2.05) is 24.4 Å². The van der Waals surface area contributed by atoms with Crippen molar-refractivity contribution < 1.29 is 14.3 Å². The molecule has 3 aromatic heterocycles. The van der Waals surface area contributed by atoms with E-state index in [9.17, 15) is 4.79 Å². The predicted molar refractivity (Wildman–Crippen MR) is 124 cm³/mol. The number of carbonyl (C=O) groups is 1. The first kappa shape index (κ1) is 20.5. The minimum Gasteiger partial charge on any atom is -0.495 e. The summed E-state index contributed by atoms with van der Waals surface area (Å²) in [5.41, 5.74) is 4.42. The van der Waals surface area contributed by atoms with E-state index >= 15 is 0 Å². The van der Waals surface area contributed by atoms with Crippen molar-refractivity contribution in [1.29, 1.82) is 0 Å². The number of ether oxygens (including phenoxy) is 2. The van der Waals surface area contributed by atoms with E-state index in [1.165, 1.54) is 0 Å². The Bertz CT molecular complexity index is 1270. The molecule has 0 radical (unpaired) electrons. The molecule has 0 saturated carbocycles. The van der Waals surface area contributed by atoms with E-state index in [4.69, 9.17) is 9.47 Å². The Labute approximate surface area is 190 Å². The van der Waals surface area contributed by atoms with Crippen molar-refractivity contribution in [3.05, 3.63) is 77.9 Å². The molecule has 4 aromatic rings. The minimum atomic E-state index is -0.230. The number of aromatic nitrogens is 4. The van der Waals surface area contributed by atoms with Crippen LogP contribution < -0.4 is 20.1 Å². The number of amides is 1. The quantitative estimate of drug-likeness (QED) is 0.400. The molecule has 0 saturated heterocycles. The third-order valence-corrected chi connectivity index (χ3v) is 5.40. The van der Waals surface area contributed by atoms with Crippen LogP contribution in [0.15, 0.2) is 61.2 Å². The minimum absolute atomic E-state index is 0.230. The highest BCUT2D eigenvalue weighted by Gasteiger charge is 2.22. The molecule has 4 heterocycles. The monoisotopic (exact) mass is 442 g/mol. The van der Waals surface area contributed by atoms with Gasteiger partial charge in [0.25, 0.3) is 5.91 Å². The Hall–Kier alpha value is -4.40. The van der Waals surface area contributed by atoms with Gasteiger partial charge < -0.3 is 20.1 Å². The first-order valence-electron chi connectivity index (χ1n) is 10.5. The summed E-state index contributed by atoms with van der Waals surface area (Å²) >= 11 is 0. The first-order valence-corrected chi connectivity index (χ1v) is 10.5. The SMILES string of the molecule is COc1ccc(NC(=O)c2cccc(CNc3ncc(-c4cn[nH]c4)c4c3CCO4)c2)nc1. The largest absolute Gasteiger partial charge is 0.495 e. The maximum Gasteiger partial charge on any atom is 0.256 e. The number of pyridine rings is 2. The molecule has 9 nitrogen and oxygen atoms in total. The number of hydrogen-bond donors (Lipinski definition) is 3. The van der Waals surface area contributed by atoms with Gasteiger partial charge in [0.2, 0.25) is 0 Å². The van der Waals surface area contributed by atoms with Crippen LogP contribution in [-0.4, -0.2) is 39.8 Å². The van der Waals surface area contributed by atoms with Gasteiger partial charge in [0.15, 0.2) is 0 Å². The van der Waals surface area contributed by atoms with Crippen molar-refractivity contribution in [2.45, 2.75) is 13.0 Å². The molecular weight excluding hydrogens is 420 g/mol. The summed E-state index contributed by atoms with van der Waals surface area (Å²) in [5, 5.41) is 13.0. The molecule has 9 heteroatoms. The van der Waals surface area contributed by atoms with Crippen molar-refractivity contribution in [3.63, 3.8) is 0 Å². The fraction of sp³-hybridized carbons (Fsp3) is 0.167. The highest BCUT2D eigenvalue weighted by molar-refractivity contribution is 6.03. The van der Waals surface area contributed by atoms with Gasteiger partial charge in [-0.15, -0.1) is 0 Å². The highest BCUT2D eigenvalue weighted by Crippen LogP contribution is 2.39. The first-order chi connectivity index (χ1) is 16.2. The Morgan fingerprint density at radius 1 is 1.18 bits per heavy atom. The van der Waals surface area contributed by atoms with Crippen LogP contribution in [-0.2, 0) is 13.0 Å². The van der Waals surface area contributed by atoms with Crippen molar-refractivity contribution in [2.75, 3.05) is 24.4 Å². The molecule has 5 rings (SSSR count). The smallest absolute Gasteiger partial charge is 0.256 e. The van der Waals surface area contributed by atoms with Crippen LogP contribution in [0.2, 0.25) is 0 Å². The van der Waals surface area contributed by atoms with E-state index < -0.39 is 0 Å². The standard InChI is InChI=1S/C24H22N6O3/c1-32-18-5-6-21(25-13-18)30-24(31)16-4-2-3-15(9-16)10-26-23-19-7-8-33-22(19)20(14-27-23)17-11-28-29-12-17/h2-6,9,11-14H,7-8,10H2,1H3,(H,26,27)(H,28,29)(H,25,30,31). The molecule has 1 aliphatic rings. The second kappa shape index (κ2) is 8.99. The van der Waals surface area contributed by atoms with Gasteiger partial charge in [0, 0.05) is 47.6 Å². The zero-order valence-corrected chi connectivity index (χ0v) is 18.0. The van der Waals surface area contributed by atoms with E-state index in [-0.39, 0.29) is 5.91 Å². The molecule has 166 valence electrons. The summed E-state index contributed by atoms with van der Waals surface area (Å²) in [6, 6.07) is 10.9. The molecule has 33 heavy (non-hydrogen) atoms. The van der Waals surface area contributed by atoms with Gasteiger partial charge in [0.1, 0.15) is 23.1 Å². The number of anilines is 2. The van der Waals surface area contributed by atoms with Crippen molar-refractivity contribution in [3.8, 4) is 22.6 Å². The van der Waals surface area contributed by atoms with Crippen LogP contribution in [0.3, 0.4) is 0 Å². The summed E-state index contributed by atoms with van der Waals surface area (Å²) in [6.07, 6.45) is 7.72. The summed E-state index contributed by atoms with van der Waals surface area (Å²) < 4.78 is 11.0. The molecule has 0 spiro atoms. The fourth-order valence-corrected chi connectivity index (χ4v) is 3.72. The van der Waals surface area contributed by atoms with Gasteiger partial charge in [0.05, 0.1) is 26.1 Å². The average molecular weight is 442 g/mol. The topological polar surface area (TPSA) is 114 Å². The molecule has 1 aliphatic heterocycles. The lowest BCUT2D eigenvalue weighted by Gasteiger charge is -2.12. The summed E-state index contributed by atoms with van der Waals surface area (Å²) in [6.45, 7) is 1.14. The van der Waals surface area contributed by atoms with E-state index in [1.54, 1.807) is 43.9 Å². The van der Waals surface area contributed by atoms with Gasteiger partial charge in [-0.05, 0) is 29.8 Å². The third-order valence-electron chi connectivity index (χ3n) is 5.40. The number of nitrogens with zero attached hydrogens (tertiary/aromatic N) is 3. The number of rotatable bonds is 7. The molecule has 3 N–H and O–H groups in total. The molecule has 0 fully saturated rings. The highest BCUT2D eigenvalue weighted by atomic mass is 16.5. The number of hydrogen-bond acceptors (Lipinski definition) is 7. The van der Waals surface area contributed by atoms with E-state index in [2.05, 4.69) is 30.8 Å². The number of fused-ring (bicyclic) bond motifs is 1. The van der Waals surface area contributed by atoms with Gasteiger partial charge in [-0.3, -0.25) is 9.89 Å². The lowest BCUT2D eigenvalue weighted by atomic mass is 10.1. The molecule has 1 amide bonds. The van der Waals surface area contributed by atoms with E-state index in [0.717, 1.165) is 40.2 Å². The molecule has 1 aromatic carbocycles. The van der Waals surface area contributed by atoms with Crippen molar-refractivity contribution in [1.82, 2.24) is 20.2 Å². The number of methoxy groups -OCH3 is 1. The van der Waals surface area contributed by atoms with Gasteiger partial charge in [-0.2, -0.15) is 5.10 Å². The zero-order valence-electron chi connectivity index (χ0n) is 18.0. The zero-order chi connectivity index (χ0) is 22.6. The fourth-order valence-electron chi connectivity index (χ4n) is 3.72. The average Bonchev–Trinajstić information content (AvgIpc) is 3.56.